The Morgan fingerprint density at radius 2 is 1.67 bits per heavy atom. The number of aliphatic carboxylic acids is 1. The topological polar surface area (TPSA) is 77.8 Å². The largest absolute Gasteiger partial charge is 0.480 e. The number of halogens is 5. The molecule has 1 saturated heterocycles. The van der Waals surface area contributed by atoms with Gasteiger partial charge in [0, 0.05) is 13.0 Å². The zero-order chi connectivity index (χ0) is 14.3. The van der Waals surface area contributed by atoms with Gasteiger partial charge in [-0.25, -0.2) is 4.79 Å². The van der Waals surface area contributed by atoms with Gasteiger partial charge in [0.05, 0.1) is 6.10 Å². The number of hydrogen-bond acceptors (Lipinski definition) is 3. The molecule has 0 aliphatic carbocycles. The zero-order valence-corrected chi connectivity index (χ0v) is 8.62. The standard InChI is InChI=1S/C8H8F5NO4/c9-7(10,8(11,12)13)6(18)14-2-3(15)1-4(14)5(16)17/h3-4,15H,1-2H2,(H,16,17)/t3-,4+/m1/s1. The van der Waals surface area contributed by atoms with E-state index in [0.29, 0.717) is 0 Å². The summed E-state index contributed by atoms with van der Waals surface area (Å²) >= 11 is 0. The average molecular weight is 277 g/mol. The highest BCUT2D eigenvalue weighted by molar-refractivity contribution is 5.89. The number of rotatable bonds is 2. The Balaban J connectivity index is 3.00. The van der Waals surface area contributed by atoms with Crippen LogP contribution in [0.5, 0.6) is 0 Å². The van der Waals surface area contributed by atoms with E-state index in [9.17, 15) is 31.5 Å². The van der Waals surface area contributed by atoms with Crippen molar-refractivity contribution >= 4 is 11.9 Å². The van der Waals surface area contributed by atoms with Crippen LogP contribution in [-0.2, 0) is 9.59 Å². The molecule has 10 heteroatoms. The summed E-state index contributed by atoms with van der Waals surface area (Å²) in [6, 6.07) is -1.89. The molecule has 1 amide bonds. The van der Waals surface area contributed by atoms with Gasteiger partial charge in [0.1, 0.15) is 6.04 Å². The highest BCUT2D eigenvalue weighted by Crippen LogP contribution is 2.38. The number of hydrogen-bond donors (Lipinski definition) is 2. The first kappa shape index (κ1) is 14.6. The van der Waals surface area contributed by atoms with E-state index in [4.69, 9.17) is 10.2 Å². The summed E-state index contributed by atoms with van der Waals surface area (Å²) in [6.45, 7) is -0.874. The first-order chi connectivity index (χ1) is 7.98. The lowest BCUT2D eigenvalue weighted by Gasteiger charge is -2.27. The molecule has 0 radical (unpaired) electrons. The quantitative estimate of drug-likeness (QED) is 0.708. The number of carbonyl (C=O) groups is 2. The maximum atomic E-state index is 12.7. The van der Waals surface area contributed by atoms with Crippen LogP contribution in [0.3, 0.4) is 0 Å². The molecule has 0 bridgehead atoms. The van der Waals surface area contributed by atoms with Gasteiger partial charge in [-0.3, -0.25) is 4.79 Å². The molecule has 2 atom stereocenters. The minimum absolute atomic E-state index is 0.166. The van der Waals surface area contributed by atoms with Crippen molar-refractivity contribution in [3.8, 4) is 0 Å². The van der Waals surface area contributed by atoms with E-state index in [0.717, 1.165) is 0 Å². The summed E-state index contributed by atoms with van der Waals surface area (Å²) in [4.78, 5) is 21.5. The summed E-state index contributed by atoms with van der Waals surface area (Å²) in [6.07, 6.45) is -8.14. The number of carboxylic acid groups (broad SMARTS) is 1. The SMILES string of the molecule is O=C(O)[C@@H]1C[C@@H](O)CN1C(=O)C(F)(F)C(F)(F)F. The van der Waals surface area contributed by atoms with Crippen LogP contribution in [0.15, 0.2) is 0 Å². The highest BCUT2D eigenvalue weighted by atomic mass is 19.4. The molecule has 5 nitrogen and oxygen atoms in total. The van der Waals surface area contributed by atoms with Crippen molar-refractivity contribution in [2.75, 3.05) is 6.54 Å². The molecule has 0 saturated carbocycles. The molecule has 1 rings (SSSR count). The molecule has 0 spiro atoms. The molecule has 18 heavy (non-hydrogen) atoms. The van der Waals surface area contributed by atoms with Crippen molar-refractivity contribution in [2.45, 2.75) is 30.7 Å². The summed E-state index contributed by atoms with van der Waals surface area (Å²) in [5.41, 5.74) is 0. The van der Waals surface area contributed by atoms with Crippen LogP contribution in [0.25, 0.3) is 0 Å². The number of β-amino-alcohol motifs (C(OH)–C–C–N with tert-alkyl or cyclic N) is 1. The van der Waals surface area contributed by atoms with Gasteiger partial charge in [0.15, 0.2) is 0 Å². The number of aliphatic hydroxyl groups excluding tert-OH is 1. The summed E-state index contributed by atoms with van der Waals surface area (Å²) in [7, 11) is 0. The smallest absolute Gasteiger partial charge is 0.463 e. The summed E-state index contributed by atoms with van der Waals surface area (Å²) < 4.78 is 61.4. The Morgan fingerprint density at radius 3 is 2.06 bits per heavy atom. The number of carbonyl (C=O) groups excluding carboxylic acids is 1. The normalized spacial score (nSPS) is 25.3. The van der Waals surface area contributed by atoms with Crippen LogP contribution in [0.4, 0.5) is 22.0 Å². The van der Waals surface area contributed by atoms with E-state index in [1.165, 1.54) is 0 Å². The van der Waals surface area contributed by atoms with E-state index in [1.807, 2.05) is 0 Å². The van der Waals surface area contributed by atoms with Crippen molar-refractivity contribution in [1.82, 2.24) is 4.90 Å². The molecule has 1 fully saturated rings. The van der Waals surface area contributed by atoms with Crippen LogP contribution in [-0.4, -0.2) is 57.8 Å². The van der Waals surface area contributed by atoms with Gasteiger partial charge in [-0.2, -0.15) is 22.0 Å². The Labute approximate surface area is 96.8 Å². The molecular formula is C8H8F5NO4. The average Bonchev–Trinajstić information content (AvgIpc) is 2.57. The first-order valence-corrected chi connectivity index (χ1v) is 4.65. The van der Waals surface area contributed by atoms with E-state index in [-0.39, 0.29) is 4.90 Å². The second-order valence-corrected chi connectivity index (χ2v) is 3.77. The number of nitrogens with zero attached hydrogens (tertiary/aromatic N) is 1. The van der Waals surface area contributed by atoms with Crippen LogP contribution >= 0.6 is 0 Å². The fraction of sp³-hybridized carbons (Fsp3) is 0.750. The number of alkyl halides is 5. The third kappa shape index (κ3) is 2.37. The Hall–Kier alpha value is -1.45. The zero-order valence-electron chi connectivity index (χ0n) is 8.62. The fourth-order valence-corrected chi connectivity index (χ4v) is 1.57. The maximum absolute atomic E-state index is 12.7. The lowest BCUT2D eigenvalue weighted by atomic mass is 10.2. The number of aliphatic hydroxyl groups is 1. The first-order valence-electron chi connectivity index (χ1n) is 4.65. The predicted octanol–water partition coefficient (Wildman–Crippen LogP) is 0.230. The van der Waals surface area contributed by atoms with Crippen molar-refractivity contribution < 1.29 is 41.8 Å². The van der Waals surface area contributed by atoms with E-state index >= 15 is 0 Å². The van der Waals surface area contributed by atoms with Crippen molar-refractivity contribution in [3.05, 3.63) is 0 Å². The van der Waals surface area contributed by atoms with Crippen LogP contribution in [0.2, 0.25) is 0 Å². The molecule has 1 heterocycles. The van der Waals surface area contributed by atoms with E-state index in [2.05, 4.69) is 0 Å². The molecule has 0 aromatic rings. The van der Waals surface area contributed by atoms with Crippen LogP contribution in [0, 0.1) is 0 Å². The molecule has 0 aromatic carbocycles. The van der Waals surface area contributed by atoms with Crippen molar-refractivity contribution in [1.29, 1.82) is 0 Å². The predicted molar refractivity (Wildman–Crippen MR) is 44.8 cm³/mol. The van der Waals surface area contributed by atoms with Gasteiger partial charge in [0.25, 0.3) is 0 Å². The molecule has 104 valence electrons. The molecular weight excluding hydrogens is 269 g/mol. The summed E-state index contributed by atoms with van der Waals surface area (Å²) in [5, 5.41) is 17.6. The third-order valence-electron chi connectivity index (χ3n) is 2.45. The number of carboxylic acids is 1. The van der Waals surface area contributed by atoms with Crippen molar-refractivity contribution in [3.63, 3.8) is 0 Å². The molecule has 1 aliphatic heterocycles. The van der Waals surface area contributed by atoms with Gasteiger partial charge < -0.3 is 15.1 Å². The van der Waals surface area contributed by atoms with Crippen molar-refractivity contribution in [2.24, 2.45) is 0 Å². The van der Waals surface area contributed by atoms with Gasteiger partial charge >= 0.3 is 24.0 Å². The third-order valence-corrected chi connectivity index (χ3v) is 2.45. The van der Waals surface area contributed by atoms with Gasteiger partial charge in [-0.1, -0.05) is 0 Å². The highest BCUT2D eigenvalue weighted by Gasteiger charge is 2.66. The minimum Gasteiger partial charge on any atom is -0.480 e. The number of amides is 1. The fourth-order valence-electron chi connectivity index (χ4n) is 1.57. The van der Waals surface area contributed by atoms with Crippen LogP contribution < -0.4 is 0 Å². The lowest BCUT2D eigenvalue weighted by molar-refractivity contribution is -0.274. The van der Waals surface area contributed by atoms with Gasteiger partial charge in [-0.15, -0.1) is 0 Å². The minimum atomic E-state index is -6.11. The molecule has 0 unspecified atom stereocenters. The second-order valence-electron chi connectivity index (χ2n) is 3.77. The Morgan fingerprint density at radius 1 is 1.17 bits per heavy atom. The molecule has 2 N–H and O–H groups in total. The second kappa shape index (κ2) is 4.34. The monoisotopic (exact) mass is 277 g/mol. The Kier molecular flexibility index (Phi) is 3.52. The van der Waals surface area contributed by atoms with Crippen LogP contribution in [0.1, 0.15) is 6.42 Å². The van der Waals surface area contributed by atoms with Gasteiger partial charge in [-0.05, 0) is 0 Å². The molecule has 1 aliphatic rings. The Bertz CT molecular complexity index is 369. The lowest BCUT2D eigenvalue weighted by Crippen LogP contribution is -2.54. The summed E-state index contributed by atoms with van der Waals surface area (Å²) in [5.74, 6) is -10.1. The molecule has 0 aromatic heterocycles. The van der Waals surface area contributed by atoms with E-state index < -0.39 is 49.1 Å². The van der Waals surface area contributed by atoms with E-state index in [1.54, 1.807) is 0 Å². The van der Waals surface area contributed by atoms with Gasteiger partial charge in [0.2, 0.25) is 0 Å². The maximum Gasteiger partial charge on any atom is 0.463 e. The number of likely N-dealkylation sites (tertiary alicyclic amines) is 1.